The standard InChI is InChI=1S/C7H7N7/c8-6(9)5-1-2-11-7(13-5)14-4-10-3-12-14/h1-4H,(H3,8,9). The van der Waals surface area contributed by atoms with Crippen LogP contribution in [0.4, 0.5) is 0 Å². The maximum Gasteiger partial charge on any atom is 0.252 e. The number of rotatable bonds is 2. The van der Waals surface area contributed by atoms with E-state index in [1.807, 2.05) is 0 Å². The maximum absolute atomic E-state index is 7.20. The summed E-state index contributed by atoms with van der Waals surface area (Å²) in [6, 6.07) is 1.56. The van der Waals surface area contributed by atoms with E-state index in [1.54, 1.807) is 6.07 Å². The molecule has 0 saturated heterocycles. The number of nitrogens with one attached hydrogen (secondary N) is 1. The van der Waals surface area contributed by atoms with Crippen LogP contribution in [0.1, 0.15) is 5.69 Å². The molecular weight excluding hydrogens is 182 g/mol. The molecule has 0 atom stereocenters. The normalized spacial score (nSPS) is 10.0. The van der Waals surface area contributed by atoms with Gasteiger partial charge in [0.05, 0.1) is 0 Å². The van der Waals surface area contributed by atoms with Crippen LogP contribution in [0, 0.1) is 5.41 Å². The van der Waals surface area contributed by atoms with Gasteiger partial charge in [0.25, 0.3) is 5.95 Å². The molecule has 2 aromatic heterocycles. The summed E-state index contributed by atoms with van der Waals surface area (Å²) in [5.41, 5.74) is 5.65. The van der Waals surface area contributed by atoms with Crippen molar-refractivity contribution in [2.45, 2.75) is 0 Å². The van der Waals surface area contributed by atoms with Crippen LogP contribution in [0.25, 0.3) is 5.95 Å². The number of amidine groups is 1. The summed E-state index contributed by atoms with van der Waals surface area (Å²) in [5, 5.41) is 11.1. The quantitative estimate of drug-likeness (QED) is 0.481. The second-order valence-electron chi connectivity index (χ2n) is 2.50. The lowest BCUT2D eigenvalue weighted by Crippen LogP contribution is -2.15. The van der Waals surface area contributed by atoms with E-state index >= 15 is 0 Å². The number of nitrogens with two attached hydrogens (primary N) is 1. The molecule has 0 unspecified atom stereocenters. The van der Waals surface area contributed by atoms with Crippen molar-refractivity contribution < 1.29 is 0 Å². The minimum absolute atomic E-state index is 0.103. The van der Waals surface area contributed by atoms with Gasteiger partial charge in [-0.1, -0.05) is 0 Å². The van der Waals surface area contributed by atoms with E-state index in [4.69, 9.17) is 11.1 Å². The molecule has 14 heavy (non-hydrogen) atoms. The van der Waals surface area contributed by atoms with Crippen LogP contribution in [-0.4, -0.2) is 30.6 Å². The molecule has 0 aromatic carbocycles. The van der Waals surface area contributed by atoms with Crippen molar-refractivity contribution >= 4 is 5.84 Å². The van der Waals surface area contributed by atoms with Crippen molar-refractivity contribution in [3.05, 3.63) is 30.6 Å². The van der Waals surface area contributed by atoms with Gasteiger partial charge in [-0.25, -0.2) is 15.0 Å². The van der Waals surface area contributed by atoms with Crippen LogP contribution < -0.4 is 5.73 Å². The third kappa shape index (κ3) is 1.42. The molecule has 7 heteroatoms. The monoisotopic (exact) mass is 189 g/mol. The molecule has 2 rings (SSSR count). The Morgan fingerprint density at radius 2 is 2.36 bits per heavy atom. The predicted octanol–water partition coefficient (Wildman–Crippen LogP) is -0.659. The molecule has 0 fully saturated rings. The lowest BCUT2D eigenvalue weighted by Gasteiger charge is -2.00. The van der Waals surface area contributed by atoms with E-state index in [9.17, 15) is 0 Å². The van der Waals surface area contributed by atoms with Crippen LogP contribution >= 0.6 is 0 Å². The average Bonchev–Trinajstić information content (AvgIpc) is 2.71. The summed E-state index contributed by atoms with van der Waals surface area (Å²) in [6.45, 7) is 0. The van der Waals surface area contributed by atoms with Gasteiger partial charge in [0, 0.05) is 6.20 Å². The van der Waals surface area contributed by atoms with Crippen LogP contribution in [0.15, 0.2) is 24.9 Å². The van der Waals surface area contributed by atoms with Crippen molar-refractivity contribution in [3.63, 3.8) is 0 Å². The summed E-state index contributed by atoms with van der Waals surface area (Å²) in [6.07, 6.45) is 4.36. The first-order chi connectivity index (χ1) is 6.77. The topological polar surface area (TPSA) is 106 Å². The molecule has 70 valence electrons. The molecule has 0 saturated carbocycles. The largest absolute Gasteiger partial charge is 0.382 e. The first-order valence-corrected chi connectivity index (χ1v) is 3.80. The molecular formula is C7H7N7. The molecule has 2 aromatic rings. The van der Waals surface area contributed by atoms with E-state index in [1.165, 1.54) is 23.5 Å². The van der Waals surface area contributed by atoms with Gasteiger partial charge in [0.1, 0.15) is 24.2 Å². The molecule has 7 nitrogen and oxygen atoms in total. The summed E-state index contributed by atoms with van der Waals surface area (Å²) in [5.74, 6) is 0.240. The van der Waals surface area contributed by atoms with Gasteiger partial charge in [-0.2, -0.15) is 9.78 Å². The number of nitrogens with zero attached hydrogens (tertiary/aromatic N) is 5. The Labute approximate surface area is 79.1 Å². The first kappa shape index (κ1) is 8.30. The molecule has 0 aliphatic rings. The molecule has 2 heterocycles. The number of aromatic nitrogens is 5. The number of hydrogen-bond acceptors (Lipinski definition) is 5. The second-order valence-corrected chi connectivity index (χ2v) is 2.50. The summed E-state index contributed by atoms with van der Waals surface area (Å²) in [4.78, 5) is 11.7. The van der Waals surface area contributed by atoms with E-state index in [-0.39, 0.29) is 5.84 Å². The van der Waals surface area contributed by atoms with Crippen molar-refractivity contribution in [1.82, 2.24) is 24.7 Å². The molecule has 0 amide bonds. The smallest absolute Gasteiger partial charge is 0.252 e. The molecule has 0 aliphatic heterocycles. The van der Waals surface area contributed by atoms with Gasteiger partial charge in [-0.15, -0.1) is 0 Å². The van der Waals surface area contributed by atoms with Gasteiger partial charge < -0.3 is 5.73 Å². The molecule has 0 spiro atoms. The summed E-state index contributed by atoms with van der Waals surface area (Å²) >= 11 is 0. The third-order valence-corrected chi connectivity index (χ3v) is 1.54. The SMILES string of the molecule is N=C(N)c1ccnc(-n2cncn2)n1. The lowest BCUT2D eigenvalue weighted by molar-refractivity contribution is 0.804. The highest BCUT2D eigenvalue weighted by Gasteiger charge is 2.03. The number of nitrogen functional groups attached to an aromatic ring is 1. The van der Waals surface area contributed by atoms with Crippen LogP contribution in [0.2, 0.25) is 0 Å². The zero-order valence-electron chi connectivity index (χ0n) is 7.12. The van der Waals surface area contributed by atoms with Gasteiger partial charge in [0.2, 0.25) is 0 Å². The van der Waals surface area contributed by atoms with E-state index < -0.39 is 0 Å². The van der Waals surface area contributed by atoms with Gasteiger partial charge in [-0.3, -0.25) is 5.41 Å². The Kier molecular flexibility index (Phi) is 1.90. The predicted molar refractivity (Wildman–Crippen MR) is 48.0 cm³/mol. The zero-order chi connectivity index (χ0) is 9.97. The van der Waals surface area contributed by atoms with Crippen LogP contribution in [0.5, 0.6) is 0 Å². The van der Waals surface area contributed by atoms with Crippen molar-refractivity contribution in [1.29, 1.82) is 5.41 Å². The fourth-order valence-corrected chi connectivity index (χ4v) is 0.920. The van der Waals surface area contributed by atoms with Crippen molar-refractivity contribution in [2.24, 2.45) is 5.73 Å². The zero-order valence-corrected chi connectivity index (χ0v) is 7.12. The Bertz CT molecular complexity index is 447. The van der Waals surface area contributed by atoms with Crippen molar-refractivity contribution in [2.75, 3.05) is 0 Å². The second kappa shape index (κ2) is 3.21. The Morgan fingerprint density at radius 1 is 1.50 bits per heavy atom. The lowest BCUT2D eigenvalue weighted by atomic mass is 10.4. The minimum atomic E-state index is -0.103. The fraction of sp³-hybridized carbons (Fsp3) is 0. The highest BCUT2D eigenvalue weighted by molar-refractivity contribution is 5.92. The highest BCUT2D eigenvalue weighted by atomic mass is 15.4. The van der Waals surface area contributed by atoms with E-state index in [0.29, 0.717) is 11.6 Å². The molecule has 3 N–H and O–H groups in total. The molecule has 0 bridgehead atoms. The molecule has 0 radical (unpaired) electrons. The minimum Gasteiger partial charge on any atom is -0.382 e. The Balaban J connectivity index is 2.46. The fourth-order valence-electron chi connectivity index (χ4n) is 0.920. The van der Waals surface area contributed by atoms with E-state index in [2.05, 4.69) is 20.1 Å². The summed E-state index contributed by atoms with van der Waals surface area (Å²) < 4.78 is 1.40. The van der Waals surface area contributed by atoms with E-state index in [0.717, 1.165) is 0 Å². The Hall–Kier alpha value is -2.31. The molecule has 0 aliphatic carbocycles. The van der Waals surface area contributed by atoms with Gasteiger partial charge >= 0.3 is 0 Å². The van der Waals surface area contributed by atoms with Gasteiger partial charge in [0.15, 0.2) is 0 Å². The maximum atomic E-state index is 7.20. The number of hydrogen-bond donors (Lipinski definition) is 2. The Morgan fingerprint density at radius 3 is 3.00 bits per heavy atom. The average molecular weight is 189 g/mol. The van der Waals surface area contributed by atoms with Gasteiger partial charge in [-0.05, 0) is 6.07 Å². The highest BCUT2D eigenvalue weighted by Crippen LogP contribution is 1.98. The van der Waals surface area contributed by atoms with Crippen molar-refractivity contribution in [3.8, 4) is 5.95 Å². The first-order valence-electron chi connectivity index (χ1n) is 3.80. The van der Waals surface area contributed by atoms with Crippen LogP contribution in [0.3, 0.4) is 0 Å². The third-order valence-electron chi connectivity index (χ3n) is 1.54. The van der Waals surface area contributed by atoms with Crippen LogP contribution in [-0.2, 0) is 0 Å². The summed E-state index contributed by atoms with van der Waals surface area (Å²) in [7, 11) is 0.